The fraction of sp³-hybridized carbons (Fsp3) is 0.600. The molecule has 15 heavy (non-hydrogen) atoms. The van der Waals surface area contributed by atoms with Crippen LogP contribution in [0.3, 0.4) is 0 Å². The molecule has 0 radical (unpaired) electrons. The Bertz CT molecular complexity index is 349. The molecule has 1 aromatic heterocycles. The first-order chi connectivity index (χ1) is 7.17. The van der Waals surface area contributed by atoms with Crippen molar-refractivity contribution in [3.8, 4) is 0 Å². The first-order valence-corrected chi connectivity index (χ1v) is 5.10. The molecule has 0 aromatic carbocycles. The molecule has 0 unspecified atom stereocenters. The van der Waals surface area contributed by atoms with E-state index >= 15 is 0 Å². The zero-order valence-corrected chi connectivity index (χ0v) is 9.08. The van der Waals surface area contributed by atoms with Crippen molar-refractivity contribution < 1.29 is 5.11 Å². The molecule has 5 nitrogen and oxygen atoms in total. The van der Waals surface area contributed by atoms with Gasteiger partial charge in [-0.3, -0.25) is 4.79 Å². The normalized spacial score (nSPS) is 11.4. The van der Waals surface area contributed by atoms with Crippen LogP contribution in [0.5, 0.6) is 0 Å². The molecule has 0 spiro atoms. The lowest BCUT2D eigenvalue weighted by atomic mass is 9.94. The molecule has 0 saturated carbocycles. The molecule has 0 atom stereocenters. The summed E-state index contributed by atoms with van der Waals surface area (Å²) in [4.78, 5) is 17.9. The van der Waals surface area contributed by atoms with Gasteiger partial charge in [0.25, 0.3) is 5.56 Å². The molecule has 1 rings (SSSR count). The van der Waals surface area contributed by atoms with Crippen LogP contribution in [0.1, 0.15) is 26.7 Å². The van der Waals surface area contributed by atoms with Crippen molar-refractivity contribution in [2.24, 2.45) is 0 Å². The van der Waals surface area contributed by atoms with E-state index in [1.165, 1.54) is 12.4 Å². The number of aromatic nitrogens is 2. The smallest absolute Gasteiger partial charge is 0.290 e. The number of aliphatic hydroxyl groups excluding tert-OH is 1. The van der Waals surface area contributed by atoms with Crippen molar-refractivity contribution in [3.63, 3.8) is 0 Å². The van der Waals surface area contributed by atoms with Crippen LogP contribution in [-0.4, -0.2) is 27.2 Å². The molecule has 3 N–H and O–H groups in total. The number of hydrogen-bond acceptors (Lipinski definition) is 4. The fourth-order valence-electron chi connectivity index (χ4n) is 1.38. The van der Waals surface area contributed by atoms with E-state index in [0.717, 1.165) is 12.8 Å². The third-order valence-electron chi connectivity index (χ3n) is 2.75. The first kappa shape index (κ1) is 11.7. The lowest BCUT2D eigenvalue weighted by molar-refractivity contribution is 0.202. The summed E-state index contributed by atoms with van der Waals surface area (Å²) in [5.41, 5.74) is -0.723. The number of anilines is 1. The van der Waals surface area contributed by atoms with E-state index in [1.807, 2.05) is 13.8 Å². The van der Waals surface area contributed by atoms with Crippen molar-refractivity contribution in [2.75, 3.05) is 11.9 Å². The van der Waals surface area contributed by atoms with E-state index < -0.39 is 5.54 Å². The van der Waals surface area contributed by atoms with Crippen molar-refractivity contribution in [2.45, 2.75) is 32.2 Å². The van der Waals surface area contributed by atoms with Crippen LogP contribution in [0.2, 0.25) is 0 Å². The topological polar surface area (TPSA) is 78.0 Å². The summed E-state index contributed by atoms with van der Waals surface area (Å²) >= 11 is 0. The zero-order valence-electron chi connectivity index (χ0n) is 9.08. The summed E-state index contributed by atoms with van der Waals surface area (Å²) in [5.74, 6) is 0.259. The molecule has 1 aromatic rings. The maximum atomic E-state index is 11.4. The van der Waals surface area contributed by atoms with Gasteiger partial charge in [-0.1, -0.05) is 13.8 Å². The van der Waals surface area contributed by atoms with Crippen LogP contribution in [-0.2, 0) is 0 Å². The molecule has 0 aliphatic carbocycles. The Balaban J connectivity index is 2.93. The summed E-state index contributed by atoms with van der Waals surface area (Å²) < 4.78 is 0. The van der Waals surface area contributed by atoms with Gasteiger partial charge in [0.1, 0.15) is 0 Å². The average molecular weight is 211 g/mol. The van der Waals surface area contributed by atoms with Crippen LogP contribution < -0.4 is 10.9 Å². The summed E-state index contributed by atoms with van der Waals surface area (Å²) in [6.45, 7) is 3.91. The summed E-state index contributed by atoms with van der Waals surface area (Å²) in [6.07, 6.45) is 4.45. The number of aliphatic hydroxyl groups is 1. The van der Waals surface area contributed by atoms with Crippen LogP contribution >= 0.6 is 0 Å². The molecule has 84 valence electrons. The molecule has 0 fully saturated rings. The standard InChI is InChI=1S/C10H17N3O2/c1-3-10(4-2,7-14)13-8-9(15)12-6-5-11-8/h5-6,14H,3-4,7H2,1-2H3,(H,11,13)(H,12,15). The SMILES string of the molecule is CCC(CC)(CO)Nc1ncc[nH]c1=O. The lowest BCUT2D eigenvalue weighted by Crippen LogP contribution is -2.42. The third kappa shape index (κ3) is 2.56. The molecule has 0 amide bonds. The molecule has 0 bridgehead atoms. The van der Waals surface area contributed by atoms with Crippen molar-refractivity contribution in [3.05, 3.63) is 22.7 Å². The second kappa shape index (κ2) is 4.93. The van der Waals surface area contributed by atoms with Crippen molar-refractivity contribution in [1.29, 1.82) is 0 Å². The van der Waals surface area contributed by atoms with Crippen LogP contribution in [0.4, 0.5) is 5.82 Å². The Morgan fingerprint density at radius 2 is 2.20 bits per heavy atom. The maximum absolute atomic E-state index is 11.4. The van der Waals surface area contributed by atoms with Gasteiger partial charge < -0.3 is 15.4 Å². The number of H-pyrrole nitrogens is 1. The minimum absolute atomic E-state index is 0.0178. The monoisotopic (exact) mass is 211 g/mol. The zero-order chi connectivity index (χ0) is 11.3. The highest BCUT2D eigenvalue weighted by atomic mass is 16.3. The van der Waals surface area contributed by atoms with E-state index in [0.29, 0.717) is 0 Å². The molecule has 0 aliphatic rings. The minimum atomic E-state index is -0.457. The predicted octanol–water partition coefficient (Wildman–Crippen LogP) is 0.733. The van der Waals surface area contributed by atoms with Gasteiger partial charge in [0, 0.05) is 12.4 Å². The highest BCUT2D eigenvalue weighted by molar-refractivity contribution is 5.34. The minimum Gasteiger partial charge on any atom is -0.394 e. The summed E-state index contributed by atoms with van der Waals surface area (Å²) in [5, 5.41) is 12.3. The number of nitrogens with one attached hydrogen (secondary N) is 2. The number of aromatic amines is 1. The molecular weight excluding hydrogens is 194 g/mol. The Hall–Kier alpha value is -1.36. The average Bonchev–Trinajstić information content (AvgIpc) is 2.29. The van der Waals surface area contributed by atoms with E-state index in [1.54, 1.807) is 0 Å². The molecule has 0 aliphatic heterocycles. The van der Waals surface area contributed by atoms with Crippen molar-refractivity contribution >= 4 is 5.82 Å². The van der Waals surface area contributed by atoms with E-state index in [9.17, 15) is 9.90 Å². The van der Waals surface area contributed by atoms with Gasteiger partial charge >= 0.3 is 0 Å². The molecule has 5 heteroatoms. The predicted molar refractivity (Wildman–Crippen MR) is 58.9 cm³/mol. The van der Waals surface area contributed by atoms with E-state index in [4.69, 9.17) is 0 Å². The second-order valence-corrected chi connectivity index (χ2v) is 3.54. The first-order valence-electron chi connectivity index (χ1n) is 5.10. The summed E-state index contributed by atoms with van der Waals surface area (Å²) in [7, 11) is 0. The van der Waals surface area contributed by atoms with Crippen molar-refractivity contribution in [1.82, 2.24) is 9.97 Å². The number of nitrogens with zero attached hydrogens (tertiary/aromatic N) is 1. The Morgan fingerprint density at radius 3 is 2.67 bits per heavy atom. The Morgan fingerprint density at radius 1 is 1.53 bits per heavy atom. The summed E-state index contributed by atoms with van der Waals surface area (Å²) in [6, 6.07) is 0. The highest BCUT2D eigenvalue weighted by Crippen LogP contribution is 2.18. The molecule has 1 heterocycles. The Kier molecular flexibility index (Phi) is 3.85. The van der Waals surface area contributed by atoms with Gasteiger partial charge in [-0.05, 0) is 12.8 Å². The van der Waals surface area contributed by atoms with Gasteiger partial charge in [0.05, 0.1) is 12.1 Å². The second-order valence-electron chi connectivity index (χ2n) is 3.54. The fourth-order valence-corrected chi connectivity index (χ4v) is 1.38. The van der Waals surface area contributed by atoms with Crippen LogP contribution in [0.15, 0.2) is 17.2 Å². The molecular formula is C10H17N3O2. The Labute approximate surface area is 88.6 Å². The van der Waals surface area contributed by atoms with Crippen LogP contribution in [0.25, 0.3) is 0 Å². The van der Waals surface area contributed by atoms with Gasteiger partial charge in [0.2, 0.25) is 0 Å². The van der Waals surface area contributed by atoms with Crippen LogP contribution in [0, 0.1) is 0 Å². The third-order valence-corrected chi connectivity index (χ3v) is 2.75. The van der Waals surface area contributed by atoms with Gasteiger partial charge in [-0.15, -0.1) is 0 Å². The quantitative estimate of drug-likeness (QED) is 0.671. The largest absolute Gasteiger partial charge is 0.394 e. The number of rotatable bonds is 5. The van der Waals surface area contributed by atoms with E-state index in [2.05, 4.69) is 15.3 Å². The highest BCUT2D eigenvalue weighted by Gasteiger charge is 2.26. The maximum Gasteiger partial charge on any atom is 0.290 e. The molecule has 0 saturated heterocycles. The number of hydrogen-bond donors (Lipinski definition) is 3. The lowest BCUT2D eigenvalue weighted by Gasteiger charge is -2.30. The van der Waals surface area contributed by atoms with Gasteiger partial charge in [-0.25, -0.2) is 4.98 Å². The van der Waals surface area contributed by atoms with E-state index in [-0.39, 0.29) is 18.0 Å². The van der Waals surface area contributed by atoms with Gasteiger partial charge in [0.15, 0.2) is 5.82 Å². The van der Waals surface area contributed by atoms with Gasteiger partial charge in [-0.2, -0.15) is 0 Å².